The van der Waals surface area contributed by atoms with E-state index in [1.54, 1.807) is 26.4 Å². The van der Waals surface area contributed by atoms with Crippen LogP contribution in [0.5, 0.6) is 11.5 Å². The number of methoxy groups -OCH3 is 2. The van der Waals surface area contributed by atoms with Gasteiger partial charge in [0.05, 0.1) is 31.7 Å². The number of alkyl halides is 3. The van der Waals surface area contributed by atoms with Crippen molar-refractivity contribution in [3.05, 3.63) is 119 Å². The second-order valence-corrected chi connectivity index (χ2v) is 12.9. The predicted molar refractivity (Wildman–Crippen MR) is 185 cm³/mol. The zero-order chi connectivity index (χ0) is 35.2. The fraction of sp³-hybridized carbons (Fsp3) is 0.282. The van der Waals surface area contributed by atoms with Crippen LogP contribution in [0.15, 0.2) is 95.6 Å². The van der Waals surface area contributed by atoms with Gasteiger partial charge in [0.25, 0.3) is 5.91 Å². The van der Waals surface area contributed by atoms with Crippen LogP contribution in [0, 0.1) is 5.92 Å². The van der Waals surface area contributed by atoms with Crippen LogP contribution in [0.4, 0.5) is 13.2 Å². The van der Waals surface area contributed by atoms with Crippen molar-refractivity contribution in [1.29, 1.82) is 0 Å². The minimum atomic E-state index is -4.75. The number of fused-ring (bicyclic) bond motifs is 2. The van der Waals surface area contributed by atoms with Gasteiger partial charge in [-0.05, 0) is 83.9 Å². The fourth-order valence-electron chi connectivity index (χ4n) is 6.79. The molecule has 0 saturated heterocycles. The first-order valence-electron chi connectivity index (χ1n) is 16.5. The first-order valence-corrected chi connectivity index (χ1v) is 16.5. The Labute approximate surface area is 287 Å². The minimum absolute atomic E-state index is 0.0866. The summed E-state index contributed by atoms with van der Waals surface area (Å²) in [5, 5.41) is 10.5. The summed E-state index contributed by atoms with van der Waals surface area (Å²) in [6, 6.07) is 24.2. The summed E-state index contributed by atoms with van der Waals surface area (Å²) in [5.74, 6) is 0.928. The zero-order valence-electron chi connectivity index (χ0n) is 28.1. The third-order valence-corrected chi connectivity index (χ3v) is 9.43. The van der Waals surface area contributed by atoms with Crippen LogP contribution in [-0.2, 0) is 6.18 Å². The predicted octanol–water partition coefficient (Wildman–Crippen LogP) is 8.99. The number of benzene rings is 3. The number of halogens is 3. The first kappa shape index (κ1) is 33.1. The third-order valence-electron chi connectivity index (χ3n) is 9.43. The highest BCUT2D eigenvalue weighted by molar-refractivity contribution is 6.09. The Morgan fingerprint density at radius 3 is 2.20 bits per heavy atom. The van der Waals surface area contributed by atoms with E-state index in [0.29, 0.717) is 15.8 Å². The molecule has 1 fully saturated rings. The van der Waals surface area contributed by atoms with Crippen LogP contribution in [0.1, 0.15) is 77.9 Å². The molecule has 5 aromatic rings. The standard InChI is InChI=1S/C39H36F3N5O3/c1-23(2)25-10-12-26(13-11-25)32-21-34(39(40,41)42)46-35(43-32)22-33(44-46)38(48)47-37(27-14-18-30(50-4)19-15-27)31-7-5-6-28(36(31)45-47)20-24-8-16-29(49-3)17-9-24/h8-23,31,37H,5-7H2,1-4H3/b28-20-/t31-,37+/m1/s1. The Morgan fingerprint density at radius 2 is 1.58 bits per heavy atom. The van der Waals surface area contributed by atoms with Crippen molar-refractivity contribution in [2.45, 2.75) is 51.2 Å². The van der Waals surface area contributed by atoms with Crippen LogP contribution in [0.25, 0.3) is 23.0 Å². The van der Waals surface area contributed by atoms with Crippen LogP contribution in [-0.4, -0.2) is 45.4 Å². The number of carbonyl (C=O) groups excluding carboxylic acids is 1. The highest BCUT2D eigenvalue weighted by Crippen LogP contribution is 2.45. The molecule has 50 heavy (non-hydrogen) atoms. The van der Waals surface area contributed by atoms with Gasteiger partial charge in [0, 0.05) is 17.5 Å². The van der Waals surface area contributed by atoms with Gasteiger partial charge in [0.2, 0.25) is 0 Å². The van der Waals surface area contributed by atoms with E-state index in [-0.39, 0.29) is 28.9 Å². The summed E-state index contributed by atoms with van der Waals surface area (Å²) in [6.07, 6.45) is -0.247. The summed E-state index contributed by atoms with van der Waals surface area (Å²) in [7, 11) is 3.20. The molecule has 3 aromatic carbocycles. The molecule has 7 rings (SSSR count). The molecule has 256 valence electrons. The Balaban J connectivity index is 1.31. The highest BCUT2D eigenvalue weighted by atomic mass is 19.4. The lowest BCUT2D eigenvalue weighted by Crippen LogP contribution is -2.32. The van der Waals surface area contributed by atoms with Gasteiger partial charge in [-0.3, -0.25) is 4.79 Å². The summed E-state index contributed by atoms with van der Waals surface area (Å²) < 4.78 is 54.8. The Kier molecular flexibility index (Phi) is 8.67. The van der Waals surface area contributed by atoms with Gasteiger partial charge >= 0.3 is 6.18 Å². The maximum Gasteiger partial charge on any atom is 0.433 e. The van der Waals surface area contributed by atoms with Crippen molar-refractivity contribution < 1.29 is 27.4 Å². The molecule has 3 heterocycles. The van der Waals surface area contributed by atoms with Crippen molar-refractivity contribution >= 4 is 23.3 Å². The van der Waals surface area contributed by atoms with E-state index >= 15 is 0 Å². The molecular weight excluding hydrogens is 643 g/mol. The van der Waals surface area contributed by atoms with Gasteiger partial charge in [0.15, 0.2) is 17.0 Å². The molecule has 0 unspecified atom stereocenters. The third kappa shape index (κ3) is 6.23. The van der Waals surface area contributed by atoms with E-state index in [9.17, 15) is 18.0 Å². The lowest BCUT2D eigenvalue weighted by atomic mass is 9.77. The van der Waals surface area contributed by atoms with E-state index < -0.39 is 23.8 Å². The van der Waals surface area contributed by atoms with E-state index in [1.807, 2.05) is 74.5 Å². The number of aromatic nitrogens is 3. The number of rotatable bonds is 7. The van der Waals surface area contributed by atoms with Crippen molar-refractivity contribution in [2.24, 2.45) is 11.0 Å². The maximum absolute atomic E-state index is 14.5. The van der Waals surface area contributed by atoms with E-state index in [1.165, 1.54) is 11.1 Å². The molecule has 0 radical (unpaired) electrons. The van der Waals surface area contributed by atoms with E-state index in [2.05, 4.69) is 16.2 Å². The highest BCUT2D eigenvalue weighted by Gasteiger charge is 2.45. The van der Waals surface area contributed by atoms with Crippen molar-refractivity contribution in [3.63, 3.8) is 0 Å². The van der Waals surface area contributed by atoms with E-state index in [0.717, 1.165) is 59.1 Å². The molecule has 2 aromatic heterocycles. The van der Waals surface area contributed by atoms with Crippen LogP contribution < -0.4 is 9.47 Å². The van der Waals surface area contributed by atoms with Crippen molar-refractivity contribution in [3.8, 4) is 22.8 Å². The molecule has 0 spiro atoms. The number of hydrogen-bond donors (Lipinski definition) is 0. The van der Waals surface area contributed by atoms with Gasteiger partial charge < -0.3 is 9.47 Å². The van der Waals surface area contributed by atoms with Gasteiger partial charge in [-0.25, -0.2) is 14.5 Å². The normalized spacial score (nSPS) is 18.4. The van der Waals surface area contributed by atoms with Gasteiger partial charge in [-0.15, -0.1) is 0 Å². The molecule has 1 amide bonds. The number of ether oxygens (including phenoxy) is 2. The number of carbonyl (C=O) groups is 1. The lowest BCUT2D eigenvalue weighted by Gasteiger charge is -2.29. The molecular formula is C39H36F3N5O3. The SMILES string of the molecule is COc1ccc(/C=C2/CCC[C@@H]3C2=NN(C(=O)c2cc4nc(-c5ccc(C(C)C)cc5)cc(C(F)(F)F)n4n2)[C@H]3c2ccc(OC)cc2)cc1. The number of allylic oxidation sites excluding steroid dienone is 1. The number of hydrazone groups is 1. The molecule has 1 aliphatic heterocycles. The molecule has 1 aliphatic carbocycles. The average Bonchev–Trinajstić information content (AvgIpc) is 3.74. The zero-order valence-corrected chi connectivity index (χ0v) is 28.1. The molecule has 11 heteroatoms. The molecule has 1 saturated carbocycles. The summed E-state index contributed by atoms with van der Waals surface area (Å²) in [5.41, 5.74) is 4.02. The van der Waals surface area contributed by atoms with Crippen LogP contribution in [0.3, 0.4) is 0 Å². The topological polar surface area (TPSA) is 81.3 Å². The number of nitrogens with zero attached hydrogens (tertiary/aromatic N) is 5. The molecule has 2 aliphatic rings. The first-order chi connectivity index (χ1) is 24.0. The second kappa shape index (κ2) is 13.1. The quantitative estimate of drug-likeness (QED) is 0.172. The lowest BCUT2D eigenvalue weighted by molar-refractivity contribution is -0.142. The fourth-order valence-corrected chi connectivity index (χ4v) is 6.79. The Hall–Kier alpha value is -5.45. The average molecular weight is 680 g/mol. The Morgan fingerprint density at radius 1 is 0.920 bits per heavy atom. The monoisotopic (exact) mass is 679 g/mol. The molecule has 0 bridgehead atoms. The maximum atomic E-state index is 14.5. The summed E-state index contributed by atoms with van der Waals surface area (Å²) in [6.45, 7) is 4.09. The van der Waals surface area contributed by atoms with Crippen molar-refractivity contribution in [2.75, 3.05) is 14.2 Å². The number of hydrogen-bond acceptors (Lipinski definition) is 6. The Bertz CT molecular complexity index is 2100. The van der Waals surface area contributed by atoms with E-state index in [4.69, 9.17) is 14.6 Å². The van der Waals surface area contributed by atoms with Gasteiger partial charge in [-0.2, -0.15) is 23.4 Å². The molecule has 2 atom stereocenters. The largest absolute Gasteiger partial charge is 0.497 e. The molecule has 0 N–H and O–H groups in total. The van der Waals surface area contributed by atoms with Crippen molar-refractivity contribution in [1.82, 2.24) is 19.6 Å². The van der Waals surface area contributed by atoms with Gasteiger partial charge in [0.1, 0.15) is 11.5 Å². The second-order valence-electron chi connectivity index (χ2n) is 12.9. The summed E-state index contributed by atoms with van der Waals surface area (Å²) >= 11 is 0. The number of amides is 1. The van der Waals surface area contributed by atoms with Gasteiger partial charge in [-0.1, -0.05) is 62.4 Å². The van der Waals surface area contributed by atoms with Crippen LogP contribution in [0.2, 0.25) is 0 Å². The minimum Gasteiger partial charge on any atom is -0.497 e. The smallest absolute Gasteiger partial charge is 0.433 e. The summed E-state index contributed by atoms with van der Waals surface area (Å²) in [4.78, 5) is 18.9. The molecule has 8 nitrogen and oxygen atoms in total. The van der Waals surface area contributed by atoms with Crippen LogP contribution >= 0.6 is 0 Å².